The van der Waals surface area contributed by atoms with E-state index in [1.165, 1.54) is 6.33 Å². The van der Waals surface area contributed by atoms with Crippen molar-refractivity contribution in [3.63, 3.8) is 0 Å². The first kappa shape index (κ1) is 10.1. The van der Waals surface area contributed by atoms with Crippen LogP contribution in [0, 0.1) is 5.41 Å². The minimum Gasteiger partial charge on any atom is -0.388 e. The molecule has 3 heteroatoms. The van der Waals surface area contributed by atoms with E-state index in [-0.39, 0.29) is 5.41 Å². The van der Waals surface area contributed by atoms with Crippen molar-refractivity contribution in [2.24, 2.45) is 5.41 Å². The van der Waals surface area contributed by atoms with Gasteiger partial charge >= 0.3 is 0 Å². The maximum atomic E-state index is 9.97. The smallest absolute Gasteiger partial charge is 0.115 e. The van der Waals surface area contributed by atoms with E-state index in [1.54, 1.807) is 12.4 Å². The number of nitrogens with zero attached hydrogens (tertiary/aromatic N) is 2. The number of hydrogen-bond donors (Lipinski definition) is 1. The molecule has 0 saturated carbocycles. The van der Waals surface area contributed by atoms with E-state index in [0.29, 0.717) is 0 Å². The molecule has 1 aromatic rings. The summed E-state index contributed by atoms with van der Waals surface area (Å²) in [5, 5.41) is 9.97. The van der Waals surface area contributed by atoms with Gasteiger partial charge in [-0.05, 0) is 11.8 Å². The highest BCUT2D eigenvalue weighted by Crippen LogP contribution is 2.35. The first-order chi connectivity index (χ1) is 6.08. The Morgan fingerprint density at radius 3 is 2.38 bits per heavy atom. The van der Waals surface area contributed by atoms with E-state index in [2.05, 4.69) is 16.9 Å². The Kier molecular flexibility index (Phi) is 2.98. The van der Waals surface area contributed by atoms with Gasteiger partial charge in [0.1, 0.15) is 6.33 Å². The average Bonchev–Trinajstić information content (AvgIpc) is 2.18. The molecular formula is C10H16N2O. The van der Waals surface area contributed by atoms with Gasteiger partial charge in [0.15, 0.2) is 0 Å². The van der Waals surface area contributed by atoms with Gasteiger partial charge in [0.2, 0.25) is 0 Å². The maximum absolute atomic E-state index is 9.97. The molecule has 1 atom stereocenters. The number of rotatable bonds is 3. The summed E-state index contributed by atoms with van der Waals surface area (Å²) in [5.74, 6) is 0. The summed E-state index contributed by atoms with van der Waals surface area (Å²) in [7, 11) is 0. The van der Waals surface area contributed by atoms with Gasteiger partial charge in [-0.3, -0.25) is 0 Å². The SMILES string of the molecule is CCC(C)(C)C(O)c1cncnc1. The van der Waals surface area contributed by atoms with Crippen molar-refractivity contribution in [3.05, 3.63) is 24.3 Å². The van der Waals surface area contributed by atoms with Gasteiger partial charge in [-0.2, -0.15) is 0 Å². The quantitative estimate of drug-likeness (QED) is 0.773. The molecule has 0 aliphatic rings. The second-order valence-electron chi connectivity index (χ2n) is 3.92. The van der Waals surface area contributed by atoms with Crippen LogP contribution < -0.4 is 0 Å². The van der Waals surface area contributed by atoms with E-state index in [4.69, 9.17) is 0 Å². The third-order valence-electron chi connectivity index (χ3n) is 2.55. The van der Waals surface area contributed by atoms with Crippen LogP contribution in [-0.4, -0.2) is 15.1 Å². The van der Waals surface area contributed by atoms with E-state index in [9.17, 15) is 5.11 Å². The fourth-order valence-electron chi connectivity index (χ4n) is 1.10. The Morgan fingerprint density at radius 2 is 1.92 bits per heavy atom. The zero-order valence-corrected chi connectivity index (χ0v) is 8.36. The Hall–Kier alpha value is -0.960. The average molecular weight is 180 g/mol. The molecule has 1 rings (SSSR count). The van der Waals surface area contributed by atoms with Crippen LogP contribution in [0.3, 0.4) is 0 Å². The van der Waals surface area contributed by atoms with E-state index < -0.39 is 6.10 Å². The van der Waals surface area contributed by atoms with Gasteiger partial charge in [0, 0.05) is 18.0 Å². The predicted octanol–water partition coefficient (Wildman–Crippen LogP) is 1.95. The predicted molar refractivity (Wildman–Crippen MR) is 51.1 cm³/mol. The Bertz CT molecular complexity index is 259. The highest BCUT2D eigenvalue weighted by molar-refractivity contribution is 5.09. The molecule has 0 saturated heterocycles. The third kappa shape index (κ3) is 2.25. The first-order valence-electron chi connectivity index (χ1n) is 4.51. The lowest BCUT2D eigenvalue weighted by molar-refractivity contribution is 0.0460. The van der Waals surface area contributed by atoms with Crippen molar-refractivity contribution in [1.82, 2.24) is 9.97 Å². The van der Waals surface area contributed by atoms with Gasteiger partial charge in [-0.15, -0.1) is 0 Å². The molecule has 0 bridgehead atoms. The lowest BCUT2D eigenvalue weighted by Gasteiger charge is -2.28. The fraction of sp³-hybridized carbons (Fsp3) is 0.600. The van der Waals surface area contributed by atoms with E-state index >= 15 is 0 Å². The lowest BCUT2D eigenvalue weighted by Crippen LogP contribution is -2.21. The zero-order chi connectivity index (χ0) is 9.90. The highest BCUT2D eigenvalue weighted by atomic mass is 16.3. The molecule has 0 amide bonds. The largest absolute Gasteiger partial charge is 0.388 e. The van der Waals surface area contributed by atoms with E-state index in [0.717, 1.165) is 12.0 Å². The van der Waals surface area contributed by atoms with Crippen LogP contribution in [0.5, 0.6) is 0 Å². The number of aromatic nitrogens is 2. The van der Waals surface area contributed by atoms with Crippen molar-refractivity contribution >= 4 is 0 Å². The molecule has 0 aliphatic carbocycles. The topological polar surface area (TPSA) is 46.0 Å². The minimum absolute atomic E-state index is 0.120. The number of hydrogen-bond acceptors (Lipinski definition) is 3. The van der Waals surface area contributed by atoms with Crippen molar-refractivity contribution in [3.8, 4) is 0 Å². The van der Waals surface area contributed by atoms with Gasteiger partial charge in [0.25, 0.3) is 0 Å². The Labute approximate surface area is 78.9 Å². The fourth-order valence-corrected chi connectivity index (χ4v) is 1.10. The summed E-state index contributed by atoms with van der Waals surface area (Å²) in [6.45, 7) is 6.13. The second kappa shape index (κ2) is 3.83. The minimum atomic E-state index is -0.487. The molecule has 0 spiro atoms. The van der Waals surface area contributed by atoms with Crippen LogP contribution in [0.15, 0.2) is 18.7 Å². The molecule has 1 heterocycles. The van der Waals surface area contributed by atoms with Crippen LogP contribution in [0.4, 0.5) is 0 Å². The normalized spacial score (nSPS) is 14.2. The van der Waals surface area contributed by atoms with Crippen LogP contribution in [0.2, 0.25) is 0 Å². The molecule has 1 unspecified atom stereocenters. The zero-order valence-electron chi connectivity index (χ0n) is 8.36. The van der Waals surface area contributed by atoms with Gasteiger partial charge < -0.3 is 5.11 Å². The van der Waals surface area contributed by atoms with E-state index in [1.807, 2.05) is 13.8 Å². The molecular weight excluding hydrogens is 164 g/mol. The van der Waals surface area contributed by atoms with Gasteiger partial charge in [0.05, 0.1) is 6.10 Å². The molecule has 72 valence electrons. The summed E-state index contributed by atoms with van der Waals surface area (Å²) in [5.41, 5.74) is 0.666. The van der Waals surface area contributed by atoms with Crippen LogP contribution in [0.1, 0.15) is 38.9 Å². The number of aliphatic hydroxyl groups is 1. The molecule has 0 radical (unpaired) electrons. The van der Waals surface area contributed by atoms with Crippen LogP contribution in [0.25, 0.3) is 0 Å². The molecule has 0 fully saturated rings. The Balaban J connectivity index is 2.85. The third-order valence-corrected chi connectivity index (χ3v) is 2.55. The van der Waals surface area contributed by atoms with Crippen LogP contribution in [-0.2, 0) is 0 Å². The van der Waals surface area contributed by atoms with Gasteiger partial charge in [-0.25, -0.2) is 9.97 Å². The standard InChI is InChI=1S/C10H16N2O/c1-4-10(2,3)9(13)8-5-11-7-12-6-8/h5-7,9,13H,4H2,1-3H3. The van der Waals surface area contributed by atoms with Crippen LogP contribution >= 0.6 is 0 Å². The highest BCUT2D eigenvalue weighted by Gasteiger charge is 2.27. The van der Waals surface area contributed by atoms with Crippen molar-refractivity contribution in [2.45, 2.75) is 33.3 Å². The molecule has 1 N–H and O–H groups in total. The first-order valence-corrected chi connectivity index (χ1v) is 4.51. The Morgan fingerprint density at radius 1 is 1.38 bits per heavy atom. The summed E-state index contributed by atoms with van der Waals surface area (Å²) in [6.07, 6.45) is 5.22. The number of aliphatic hydroxyl groups excluding tert-OH is 1. The summed E-state index contributed by atoms with van der Waals surface area (Å²) in [6, 6.07) is 0. The molecule has 0 aliphatic heterocycles. The summed E-state index contributed by atoms with van der Waals surface area (Å²) in [4.78, 5) is 7.76. The molecule has 3 nitrogen and oxygen atoms in total. The van der Waals surface area contributed by atoms with Crippen molar-refractivity contribution in [1.29, 1.82) is 0 Å². The summed E-state index contributed by atoms with van der Waals surface area (Å²) >= 11 is 0. The van der Waals surface area contributed by atoms with Crippen molar-refractivity contribution in [2.75, 3.05) is 0 Å². The van der Waals surface area contributed by atoms with Gasteiger partial charge in [-0.1, -0.05) is 20.8 Å². The monoisotopic (exact) mass is 180 g/mol. The summed E-state index contributed by atoms with van der Waals surface area (Å²) < 4.78 is 0. The molecule has 0 aromatic carbocycles. The molecule has 13 heavy (non-hydrogen) atoms. The van der Waals surface area contributed by atoms with Crippen molar-refractivity contribution < 1.29 is 5.11 Å². The lowest BCUT2D eigenvalue weighted by atomic mass is 9.81. The molecule has 1 aromatic heterocycles. The second-order valence-corrected chi connectivity index (χ2v) is 3.92. The maximum Gasteiger partial charge on any atom is 0.115 e.